The lowest BCUT2D eigenvalue weighted by Crippen LogP contribution is -2.41. The Morgan fingerprint density at radius 3 is 3.00 bits per heavy atom. The zero-order chi connectivity index (χ0) is 15.5. The van der Waals surface area contributed by atoms with E-state index in [9.17, 15) is 4.79 Å². The van der Waals surface area contributed by atoms with Crippen LogP contribution in [0.25, 0.3) is 0 Å². The van der Waals surface area contributed by atoms with Crippen LogP contribution in [0.1, 0.15) is 47.0 Å². The molecular weight excluding hydrogens is 268 g/mol. The van der Waals surface area contributed by atoms with E-state index in [2.05, 4.69) is 22.2 Å². The van der Waals surface area contributed by atoms with Crippen LogP contribution >= 0.6 is 0 Å². The molecule has 1 aliphatic rings. The van der Waals surface area contributed by atoms with Gasteiger partial charge < -0.3 is 19.9 Å². The molecule has 1 aromatic rings. The van der Waals surface area contributed by atoms with Gasteiger partial charge in [-0.05, 0) is 47.0 Å². The van der Waals surface area contributed by atoms with E-state index in [0.29, 0.717) is 0 Å². The maximum atomic E-state index is 12.2. The fraction of sp³-hybridized carbons (Fsp3) is 0.733. The molecule has 1 aromatic heterocycles. The van der Waals surface area contributed by atoms with Crippen LogP contribution < -0.4 is 5.32 Å². The SMILES string of the molecule is C[C@H](C[C@H]1CCCN1C(=O)OC(C)(C)C)Nc1cnc[nH]1. The number of carbonyl (C=O) groups is 1. The number of ether oxygens (including phenoxy) is 1. The molecule has 2 heterocycles. The highest BCUT2D eigenvalue weighted by atomic mass is 16.6. The van der Waals surface area contributed by atoms with Gasteiger partial charge in [-0.15, -0.1) is 0 Å². The standard InChI is InChI=1S/C15H26N4O2/c1-11(18-13-9-16-10-17-13)8-12-6-5-7-19(12)14(20)21-15(2,3)4/h9-12,18H,5-8H2,1-4H3,(H,16,17)/t11-,12-/m1/s1. The van der Waals surface area contributed by atoms with E-state index < -0.39 is 5.60 Å². The van der Waals surface area contributed by atoms with Crippen molar-refractivity contribution in [2.45, 2.75) is 64.6 Å². The number of anilines is 1. The molecule has 118 valence electrons. The number of likely N-dealkylation sites (tertiary alicyclic amines) is 1. The average molecular weight is 294 g/mol. The maximum Gasteiger partial charge on any atom is 0.410 e. The van der Waals surface area contributed by atoms with Gasteiger partial charge in [-0.3, -0.25) is 0 Å². The van der Waals surface area contributed by atoms with Crippen LogP contribution in [-0.4, -0.2) is 45.2 Å². The zero-order valence-corrected chi connectivity index (χ0v) is 13.3. The van der Waals surface area contributed by atoms with E-state index in [0.717, 1.165) is 31.6 Å². The van der Waals surface area contributed by atoms with Crippen LogP contribution in [0.5, 0.6) is 0 Å². The van der Waals surface area contributed by atoms with E-state index in [4.69, 9.17) is 4.74 Å². The molecule has 0 radical (unpaired) electrons. The number of aromatic amines is 1. The Kier molecular flexibility index (Phi) is 4.75. The van der Waals surface area contributed by atoms with Crippen molar-refractivity contribution in [1.29, 1.82) is 0 Å². The molecule has 2 N–H and O–H groups in total. The normalized spacial score (nSPS) is 20.4. The Morgan fingerprint density at radius 2 is 2.38 bits per heavy atom. The smallest absolute Gasteiger partial charge is 0.410 e. The van der Waals surface area contributed by atoms with E-state index in [1.807, 2.05) is 25.7 Å². The maximum absolute atomic E-state index is 12.2. The number of hydrogen-bond donors (Lipinski definition) is 2. The molecule has 2 rings (SSSR count). The second-order valence-electron chi connectivity index (χ2n) is 6.72. The predicted octanol–water partition coefficient (Wildman–Crippen LogP) is 3.00. The molecular formula is C15H26N4O2. The highest BCUT2D eigenvalue weighted by Gasteiger charge is 2.32. The number of H-pyrrole nitrogens is 1. The molecule has 0 aliphatic carbocycles. The first-order valence-electron chi connectivity index (χ1n) is 7.59. The number of amides is 1. The minimum atomic E-state index is -0.440. The summed E-state index contributed by atoms with van der Waals surface area (Å²) in [6.45, 7) is 8.61. The fourth-order valence-electron chi connectivity index (χ4n) is 2.71. The first-order chi connectivity index (χ1) is 9.85. The van der Waals surface area contributed by atoms with Gasteiger partial charge in [0.25, 0.3) is 0 Å². The lowest BCUT2D eigenvalue weighted by atomic mass is 10.1. The zero-order valence-electron chi connectivity index (χ0n) is 13.3. The van der Waals surface area contributed by atoms with Gasteiger partial charge in [0.1, 0.15) is 11.4 Å². The summed E-state index contributed by atoms with van der Waals surface area (Å²) in [5.41, 5.74) is -0.440. The lowest BCUT2D eigenvalue weighted by molar-refractivity contribution is 0.0218. The topological polar surface area (TPSA) is 70.2 Å². The van der Waals surface area contributed by atoms with Gasteiger partial charge in [-0.1, -0.05) is 0 Å². The molecule has 1 saturated heterocycles. The summed E-state index contributed by atoms with van der Waals surface area (Å²) in [4.78, 5) is 21.1. The number of carbonyl (C=O) groups excluding carboxylic acids is 1. The Balaban J connectivity index is 1.88. The molecule has 2 atom stereocenters. The largest absolute Gasteiger partial charge is 0.444 e. The summed E-state index contributed by atoms with van der Waals surface area (Å²) in [7, 11) is 0. The molecule has 0 spiro atoms. The summed E-state index contributed by atoms with van der Waals surface area (Å²) < 4.78 is 5.49. The quantitative estimate of drug-likeness (QED) is 0.895. The molecule has 0 saturated carbocycles. The van der Waals surface area contributed by atoms with Crippen LogP contribution in [0.3, 0.4) is 0 Å². The average Bonchev–Trinajstić information content (AvgIpc) is 2.97. The molecule has 6 heteroatoms. The van der Waals surface area contributed by atoms with Gasteiger partial charge in [-0.2, -0.15) is 0 Å². The van der Waals surface area contributed by atoms with Crippen LogP contribution in [0.4, 0.5) is 10.6 Å². The summed E-state index contributed by atoms with van der Waals surface area (Å²) in [5, 5.41) is 3.36. The lowest BCUT2D eigenvalue weighted by Gasteiger charge is -2.30. The van der Waals surface area contributed by atoms with Gasteiger partial charge in [0.2, 0.25) is 0 Å². The van der Waals surface area contributed by atoms with Crippen molar-refractivity contribution in [3.05, 3.63) is 12.5 Å². The van der Waals surface area contributed by atoms with E-state index in [1.54, 1.807) is 12.5 Å². The third-order valence-electron chi connectivity index (χ3n) is 3.53. The van der Waals surface area contributed by atoms with Crippen LogP contribution in [-0.2, 0) is 4.74 Å². The van der Waals surface area contributed by atoms with E-state index >= 15 is 0 Å². The second kappa shape index (κ2) is 6.37. The highest BCUT2D eigenvalue weighted by Crippen LogP contribution is 2.24. The van der Waals surface area contributed by atoms with Crippen molar-refractivity contribution in [2.24, 2.45) is 0 Å². The Bertz CT molecular complexity index is 453. The molecule has 0 bridgehead atoms. The number of aromatic nitrogens is 2. The van der Waals surface area contributed by atoms with Crippen LogP contribution in [0.2, 0.25) is 0 Å². The van der Waals surface area contributed by atoms with Gasteiger partial charge in [0.05, 0.1) is 12.5 Å². The third-order valence-corrected chi connectivity index (χ3v) is 3.53. The van der Waals surface area contributed by atoms with Crippen molar-refractivity contribution in [2.75, 3.05) is 11.9 Å². The molecule has 1 aliphatic heterocycles. The van der Waals surface area contributed by atoms with Crippen molar-refractivity contribution in [3.63, 3.8) is 0 Å². The summed E-state index contributed by atoms with van der Waals surface area (Å²) >= 11 is 0. The highest BCUT2D eigenvalue weighted by molar-refractivity contribution is 5.69. The van der Waals surface area contributed by atoms with Gasteiger partial charge in [0, 0.05) is 18.6 Å². The number of imidazole rings is 1. The molecule has 6 nitrogen and oxygen atoms in total. The summed E-state index contributed by atoms with van der Waals surface area (Å²) in [6, 6.07) is 0.503. The molecule has 21 heavy (non-hydrogen) atoms. The van der Waals surface area contributed by atoms with Crippen LogP contribution in [0.15, 0.2) is 12.5 Å². The Labute approximate surface area is 126 Å². The summed E-state index contributed by atoms with van der Waals surface area (Å²) in [5.74, 6) is 0.907. The second-order valence-corrected chi connectivity index (χ2v) is 6.72. The number of hydrogen-bond acceptors (Lipinski definition) is 4. The van der Waals surface area contributed by atoms with E-state index in [1.165, 1.54) is 0 Å². The Morgan fingerprint density at radius 1 is 1.62 bits per heavy atom. The van der Waals surface area contributed by atoms with Crippen molar-refractivity contribution in [1.82, 2.24) is 14.9 Å². The number of nitrogens with zero attached hydrogens (tertiary/aromatic N) is 2. The first-order valence-corrected chi connectivity index (χ1v) is 7.59. The van der Waals surface area contributed by atoms with Crippen molar-refractivity contribution >= 4 is 11.9 Å². The molecule has 1 fully saturated rings. The molecule has 1 amide bonds. The van der Waals surface area contributed by atoms with Crippen molar-refractivity contribution in [3.8, 4) is 0 Å². The summed E-state index contributed by atoms with van der Waals surface area (Å²) in [6.07, 6.45) is 6.19. The number of rotatable bonds is 4. The molecule has 0 unspecified atom stereocenters. The van der Waals surface area contributed by atoms with Crippen LogP contribution in [0, 0.1) is 0 Å². The number of nitrogens with one attached hydrogen (secondary N) is 2. The fourth-order valence-corrected chi connectivity index (χ4v) is 2.71. The Hall–Kier alpha value is -1.72. The first kappa shape index (κ1) is 15.7. The minimum absolute atomic E-state index is 0.196. The van der Waals surface area contributed by atoms with Gasteiger partial charge >= 0.3 is 6.09 Å². The van der Waals surface area contributed by atoms with Gasteiger partial charge in [-0.25, -0.2) is 9.78 Å². The predicted molar refractivity (Wildman–Crippen MR) is 82.3 cm³/mol. The van der Waals surface area contributed by atoms with E-state index in [-0.39, 0.29) is 18.2 Å². The van der Waals surface area contributed by atoms with Gasteiger partial charge in [0.15, 0.2) is 0 Å². The minimum Gasteiger partial charge on any atom is -0.444 e. The van der Waals surface area contributed by atoms with Crippen molar-refractivity contribution < 1.29 is 9.53 Å². The third kappa shape index (κ3) is 4.65. The monoisotopic (exact) mass is 294 g/mol. The molecule has 0 aromatic carbocycles.